The van der Waals surface area contributed by atoms with Gasteiger partial charge in [0.05, 0.1) is 12.5 Å². The zero-order valence-electron chi connectivity index (χ0n) is 15.6. The summed E-state index contributed by atoms with van der Waals surface area (Å²) in [5.41, 5.74) is -0.262. The van der Waals surface area contributed by atoms with E-state index in [0.29, 0.717) is 6.54 Å². The van der Waals surface area contributed by atoms with E-state index in [-0.39, 0.29) is 41.3 Å². The normalized spacial score (nSPS) is 27.8. The van der Waals surface area contributed by atoms with E-state index in [1.807, 2.05) is 20.8 Å². The van der Waals surface area contributed by atoms with Crippen LogP contribution in [0.1, 0.15) is 40.5 Å². The number of guanidine groups is 1. The molecule has 0 saturated carbocycles. The molecule has 0 spiro atoms. The zero-order chi connectivity index (χ0) is 17.1. The van der Waals surface area contributed by atoms with Gasteiger partial charge in [-0.2, -0.15) is 0 Å². The first kappa shape index (κ1) is 21.5. The highest BCUT2D eigenvalue weighted by atomic mass is 127. The maximum atomic E-state index is 12.2. The number of ether oxygens (including phenoxy) is 2. The molecule has 2 rings (SSSR count). The first-order valence-corrected chi connectivity index (χ1v) is 8.49. The fourth-order valence-electron chi connectivity index (χ4n) is 3.00. The maximum Gasteiger partial charge on any atom is 0.311 e. The number of carbonyl (C=O) groups is 1. The number of esters is 1. The standard InChI is InChI=1S/C17H31N3O3.HI/c1-16(2,3)23-14(21)13-6-8-20(10-13)15(18-5)19-11-17(4)7-9-22-12-17;/h13H,6-12H2,1-5H3,(H,18,19);1H. The highest BCUT2D eigenvalue weighted by Crippen LogP contribution is 2.27. The second-order valence-corrected chi connectivity index (χ2v) is 7.98. The van der Waals surface area contributed by atoms with Crippen molar-refractivity contribution in [2.24, 2.45) is 16.3 Å². The number of nitrogens with zero attached hydrogens (tertiary/aromatic N) is 2. The topological polar surface area (TPSA) is 63.2 Å². The van der Waals surface area contributed by atoms with Crippen LogP contribution in [-0.2, 0) is 14.3 Å². The Hall–Kier alpha value is -0.570. The summed E-state index contributed by atoms with van der Waals surface area (Å²) in [6, 6.07) is 0. The lowest BCUT2D eigenvalue weighted by atomic mass is 9.90. The van der Waals surface area contributed by atoms with E-state index in [1.54, 1.807) is 7.05 Å². The van der Waals surface area contributed by atoms with Gasteiger partial charge in [0, 0.05) is 38.7 Å². The first-order valence-electron chi connectivity index (χ1n) is 8.49. The smallest absolute Gasteiger partial charge is 0.311 e. The largest absolute Gasteiger partial charge is 0.460 e. The number of rotatable bonds is 3. The van der Waals surface area contributed by atoms with Crippen LogP contribution in [-0.4, -0.2) is 62.3 Å². The number of aliphatic imine (C=N–C) groups is 1. The number of likely N-dealkylation sites (tertiary alicyclic amines) is 1. The Balaban J connectivity index is 0.00000288. The molecule has 1 N–H and O–H groups in total. The molecule has 2 aliphatic heterocycles. The Morgan fingerprint density at radius 3 is 2.71 bits per heavy atom. The molecule has 2 saturated heterocycles. The molecule has 2 atom stereocenters. The lowest BCUT2D eigenvalue weighted by molar-refractivity contribution is -0.159. The minimum Gasteiger partial charge on any atom is -0.460 e. The van der Waals surface area contributed by atoms with Gasteiger partial charge >= 0.3 is 5.97 Å². The molecule has 2 aliphatic rings. The molecule has 0 aromatic rings. The summed E-state index contributed by atoms with van der Waals surface area (Å²) in [7, 11) is 1.79. The summed E-state index contributed by atoms with van der Waals surface area (Å²) in [6.07, 6.45) is 1.88. The number of hydrogen-bond donors (Lipinski definition) is 1. The molecule has 2 unspecified atom stereocenters. The lowest BCUT2D eigenvalue weighted by Gasteiger charge is -2.27. The molecule has 6 nitrogen and oxygen atoms in total. The Labute approximate surface area is 162 Å². The van der Waals surface area contributed by atoms with Gasteiger partial charge in [-0.3, -0.25) is 9.79 Å². The van der Waals surface area contributed by atoms with Crippen molar-refractivity contribution in [3.8, 4) is 0 Å². The Bertz CT molecular complexity index is 456. The van der Waals surface area contributed by atoms with Crippen LogP contribution in [0.2, 0.25) is 0 Å². The second-order valence-electron chi connectivity index (χ2n) is 7.98. The molecule has 0 radical (unpaired) electrons. The average molecular weight is 453 g/mol. The average Bonchev–Trinajstić information content (AvgIpc) is 3.07. The van der Waals surface area contributed by atoms with Gasteiger partial charge in [0.2, 0.25) is 0 Å². The van der Waals surface area contributed by atoms with Crippen LogP contribution >= 0.6 is 24.0 Å². The number of nitrogens with one attached hydrogen (secondary N) is 1. The summed E-state index contributed by atoms with van der Waals surface area (Å²) in [5.74, 6) is 0.689. The molecule has 0 aromatic heterocycles. The van der Waals surface area contributed by atoms with Crippen LogP contribution in [0.4, 0.5) is 0 Å². The van der Waals surface area contributed by atoms with E-state index in [4.69, 9.17) is 9.47 Å². The second kappa shape index (κ2) is 8.69. The molecular weight excluding hydrogens is 421 g/mol. The number of halogens is 1. The summed E-state index contributed by atoms with van der Waals surface area (Å²) in [6.45, 7) is 11.9. The molecule has 0 aliphatic carbocycles. The number of carbonyl (C=O) groups excluding carboxylic acids is 1. The molecule has 140 valence electrons. The zero-order valence-corrected chi connectivity index (χ0v) is 17.9. The maximum absolute atomic E-state index is 12.2. The van der Waals surface area contributed by atoms with Crippen molar-refractivity contribution in [2.75, 3.05) is 39.9 Å². The van der Waals surface area contributed by atoms with Gasteiger partial charge in [0.15, 0.2) is 5.96 Å². The summed E-state index contributed by atoms with van der Waals surface area (Å²) in [4.78, 5) is 18.7. The molecule has 0 aromatic carbocycles. The van der Waals surface area contributed by atoms with Crippen molar-refractivity contribution in [3.05, 3.63) is 0 Å². The predicted molar refractivity (Wildman–Crippen MR) is 106 cm³/mol. The van der Waals surface area contributed by atoms with Gasteiger partial charge in [0.1, 0.15) is 5.60 Å². The van der Waals surface area contributed by atoms with Crippen LogP contribution in [0.15, 0.2) is 4.99 Å². The van der Waals surface area contributed by atoms with E-state index in [1.165, 1.54) is 0 Å². The van der Waals surface area contributed by atoms with Crippen molar-refractivity contribution in [3.63, 3.8) is 0 Å². The van der Waals surface area contributed by atoms with Crippen LogP contribution < -0.4 is 5.32 Å². The third-order valence-corrected chi connectivity index (χ3v) is 4.41. The highest BCUT2D eigenvalue weighted by molar-refractivity contribution is 14.0. The lowest BCUT2D eigenvalue weighted by Crippen LogP contribution is -2.45. The summed E-state index contributed by atoms with van der Waals surface area (Å²) >= 11 is 0. The van der Waals surface area contributed by atoms with Gasteiger partial charge < -0.3 is 19.7 Å². The highest BCUT2D eigenvalue weighted by Gasteiger charge is 2.34. The van der Waals surface area contributed by atoms with Gasteiger partial charge in [-0.05, 0) is 33.6 Å². The summed E-state index contributed by atoms with van der Waals surface area (Å²) < 4.78 is 11.0. The van der Waals surface area contributed by atoms with Gasteiger partial charge in [-0.15, -0.1) is 24.0 Å². The van der Waals surface area contributed by atoms with Crippen molar-refractivity contribution in [1.82, 2.24) is 10.2 Å². The van der Waals surface area contributed by atoms with E-state index in [2.05, 4.69) is 22.1 Å². The van der Waals surface area contributed by atoms with Crippen molar-refractivity contribution in [2.45, 2.75) is 46.1 Å². The van der Waals surface area contributed by atoms with Crippen LogP contribution in [0.25, 0.3) is 0 Å². The summed E-state index contributed by atoms with van der Waals surface area (Å²) in [5, 5.41) is 3.45. The molecule has 2 heterocycles. The molecule has 24 heavy (non-hydrogen) atoms. The molecule has 0 amide bonds. The minimum absolute atomic E-state index is 0. The fourth-order valence-corrected chi connectivity index (χ4v) is 3.00. The molecular formula is C17H32IN3O3. The predicted octanol–water partition coefficient (Wildman–Crippen LogP) is 2.27. The molecule has 2 fully saturated rings. The van der Waals surface area contributed by atoms with Gasteiger partial charge in [0.25, 0.3) is 0 Å². The Morgan fingerprint density at radius 1 is 1.46 bits per heavy atom. The van der Waals surface area contributed by atoms with Crippen molar-refractivity contribution >= 4 is 35.9 Å². The van der Waals surface area contributed by atoms with E-state index >= 15 is 0 Å². The minimum atomic E-state index is -0.429. The fraction of sp³-hybridized carbons (Fsp3) is 0.882. The Kier molecular flexibility index (Phi) is 7.77. The molecule has 7 heteroatoms. The third-order valence-electron chi connectivity index (χ3n) is 4.41. The van der Waals surface area contributed by atoms with Crippen molar-refractivity contribution < 1.29 is 14.3 Å². The van der Waals surface area contributed by atoms with Crippen LogP contribution in [0, 0.1) is 11.3 Å². The van der Waals surface area contributed by atoms with E-state index < -0.39 is 5.60 Å². The first-order chi connectivity index (χ1) is 10.7. The molecule has 0 bridgehead atoms. The Morgan fingerprint density at radius 2 is 2.17 bits per heavy atom. The van der Waals surface area contributed by atoms with Gasteiger partial charge in [-0.1, -0.05) is 6.92 Å². The van der Waals surface area contributed by atoms with Crippen molar-refractivity contribution in [1.29, 1.82) is 0 Å². The third kappa shape index (κ3) is 6.06. The number of hydrogen-bond acceptors (Lipinski definition) is 4. The quantitative estimate of drug-likeness (QED) is 0.308. The van der Waals surface area contributed by atoms with Crippen LogP contribution in [0.5, 0.6) is 0 Å². The van der Waals surface area contributed by atoms with E-state index in [9.17, 15) is 4.79 Å². The SMILES string of the molecule is CN=C(NCC1(C)CCOC1)N1CCC(C(=O)OC(C)(C)C)C1.I. The van der Waals surface area contributed by atoms with E-state index in [0.717, 1.165) is 45.1 Å². The monoisotopic (exact) mass is 453 g/mol. The van der Waals surface area contributed by atoms with Crippen LogP contribution in [0.3, 0.4) is 0 Å². The van der Waals surface area contributed by atoms with Gasteiger partial charge in [-0.25, -0.2) is 0 Å².